The molecule has 1 atom stereocenters. The van der Waals surface area contributed by atoms with Gasteiger partial charge in [-0.1, -0.05) is 26.8 Å². The monoisotopic (exact) mass is 327 g/mol. The molecule has 1 amide bonds. The van der Waals surface area contributed by atoms with Crippen LogP contribution >= 0.6 is 11.3 Å². The lowest BCUT2D eigenvalue weighted by atomic mass is 9.92. The SMILES string of the molecule is CCc1ncc2c(n1)CN(C(=O)[C@@]1(c3cccs3)CC1(C)C)C2. The van der Waals surface area contributed by atoms with Gasteiger partial charge < -0.3 is 4.90 Å². The van der Waals surface area contributed by atoms with Crippen LogP contribution in [0.4, 0.5) is 0 Å². The second kappa shape index (κ2) is 4.87. The molecule has 2 aromatic rings. The highest BCUT2D eigenvalue weighted by Gasteiger charge is 2.68. The van der Waals surface area contributed by atoms with Gasteiger partial charge in [-0.2, -0.15) is 0 Å². The van der Waals surface area contributed by atoms with Gasteiger partial charge in [0.15, 0.2) is 0 Å². The standard InChI is InChI=1S/C18H21N3OS/c1-4-15-19-8-12-9-21(10-13(12)20-15)16(22)18(11-17(18,2)3)14-6-5-7-23-14/h5-8H,4,9-11H2,1-3H3/t18-/m0/s1. The number of carbonyl (C=O) groups excluding carboxylic acids is 1. The summed E-state index contributed by atoms with van der Waals surface area (Å²) in [6, 6.07) is 4.15. The van der Waals surface area contributed by atoms with E-state index in [1.807, 2.05) is 17.2 Å². The first kappa shape index (κ1) is 14.8. The Bertz CT molecular complexity index is 769. The van der Waals surface area contributed by atoms with Crippen LogP contribution in [0.5, 0.6) is 0 Å². The molecule has 0 bridgehead atoms. The number of amides is 1. The second-order valence-corrected chi connectivity index (χ2v) is 8.16. The predicted octanol–water partition coefficient (Wildman–Crippen LogP) is 3.31. The number of fused-ring (bicyclic) bond motifs is 1. The molecule has 1 aliphatic heterocycles. The van der Waals surface area contributed by atoms with E-state index in [1.54, 1.807) is 11.3 Å². The summed E-state index contributed by atoms with van der Waals surface area (Å²) in [6.45, 7) is 7.71. The van der Waals surface area contributed by atoms with Crippen LogP contribution in [-0.2, 0) is 29.7 Å². The number of thiophene rings is 1. The van der Waals surface area contributed by atoms with Crippen LogP contribution in [0.3, 0.4) is 0 Å². The van der Waals surface area contributed by atoms with Gasteiger partial charge in [-0.25, -0.2) is 9.97 Å². The maximum Gasteiger partial charge on any atom is 0.235 e. The Kier molecular flexibility index (Phi) is 3.14. The molecular weight excluding hydrogens is 306 g/mol. The molecule has 3 heterocycles. The highest BCUT2D eigenvalue weighted by Crippen LogP contribution is 2.66. The second-order valence-electron chi connectivity index (χ2n) is 7.22. The Morgan fingerprint density at radius 1 is 1.39 bits per heavy atom. The summed E-state index contributed by atoms with van der Waals surface area (Å²) in [6.07, 6.45) is 3.65. The van der Waals surface area contributed by atoms with Crippen molar-refractivity contribution in [3.63, 3.8) is 0 Å². The molecule has 0 aromatic carbocycles. The van der Waals surface area contributed by atoms with Gasteiger partial charge in [-0.05, 0) is 23.3 Å². The molecule has 2 aromatic heterocycles. The predicted molar refractivity (Wildman–Crippen MR) is 90.1 cm³/mol. The van der Waals surface area contributed by atoms with Crippen molar-refractivity contribution < 1.29 is 4.79 Å². The van der Waals surface area contributed by atoms with E-state index in [1.165, 1.54) is 4.88 Å². The van der Waals surface area contributed by atoms with Gasteiger partial charge in [0, 0.05) is 29.6 Å². The average molecular weight is 327 g/mol. The molecule has 23 heavy (non-hydrogen) atoms. The number of aryl methyl sites for hydroxylation is 1. The molecule has 1 fully saturated rings. The van der Waals surface area contributed by atoms with Crippen LogP contribution in [0.1, 0.15) is 49.2 Å². The minimum absolute atomic E-state index is 0.0317. The molecule has 0 radical (unpaired) electrons. The molecule has 0 N–H and O–H groups in total. The topological polar surface area (TPSA) is 46.1 Å². The van der Waals surface area contributed by atoms with E-state index in [4.69, 9.17) is 0 Å². The van der Waals surface area contributed by atoms with E-state index in [-0.39, 0.29) is 16.7 Å². The largest absolute Gasteiger partial charge is 0.332 e. The van der Waals surface area contributed by atoms with Crippen LogP contribution in [-0.4, -0.2) is 20.8 Å². The molecule has 1 saturated carbocycles. The Morgan fingerprint density at radius 3 is 2.78 bits per heavy atom. The van der Waals surface area contributed by atoms with Gasteiger partial charge in [-0.3, -0.25) is 4.79 Å². The summed E-state index contributed by atoms with van der Waals surface area (Å²) in [5.41, 5.74) is 1.80. The first-order valence-electron chi connectivity index (χ1n) is 8.15. The fourth-order valence-electron chi connectivity index (χ4n) is 3.81. The summed E-state index contributed by atoms with van der Waals surface area (Å²) >= 11 is 1.70. The third kappa shape index (κ3) is 2.06. The van der Waals surface area contributed by atoms with Gasteiger partial charge in [0.25, 0.3) is 0 Å². The molecular formula is C18H21N3OS. The fraction of sp³-hybridized carbons (Fsp3) is 0.500. The minimum Gasteiger partial charge on any atom is -0.332 e. The first-order valence-corrected chi connectivity index (χ1v) is 9.03. The quantitative estimate of drug-likeness (QED) is 0.869. The maximum atomic E-state index is 13.4. The van der Waals surface area contributed by atoms with Gasteiger partial charge >= 0.3 is 0 Å². The molecule has 2 aliphatic rings. The Labute approximate surface area is 140 Å². The Morgan fingerprint density at radius 2 is 2.17 bits per heavy atom. The number of hydrogen-bond donors (Lipinski definition) is 0. The highest BCUT2D eigenvalue weighted by atomic mass is 32.1. The molecule has 0 unspecified atom stereocenters. The normalized spacial score (nSPS) is 24.6. The van der Waals surface area contributed by atoms with Crippen molar-refractivity contribution in [2.24, 2.45) is 5.41 Å². The lowest BCUT2D eigenvalue weighted by molar-refractivity contribution is -0.135. The van der Waals surface area contributed by atoms with Crippen LogP contribution < -0.4 is 0 Å². The summed E-state index contributed by atoms with van der Waals surface area (Å²) in [4.78, 5) is 25.5. The van der Waals surface area contributed by atoms with Crippen LogP contribution in [0.25, 0.3) is 0 Å². The Balaban J connectivity index is 1.63. The van der Waals surface area contributed by atoms with E-state index in [2.05, 4.69) is 42.2 Å². The van der Waals surface area contributed by atoms with E-state index in [0.29, 0.717) is 13.1 Å². The van der Waals surface area contributed by atoms with E-state index >= 15 is 0 Å². The van der Waals surface area contributed by atoms with Crippen molar-refractivity contribution in [3.05, 3.63) is 45.7 Å². The lowest BCUT2D eigenvalue weighted by Crippen LogP contribution is -2.38. The number of rotatable bonds is 3. The van der Waals surface area contributed by atoms with Crippen molar-refractivity contribution in [3.8, 4) is 0 Å². The van der Waals surface area contributed by atoms with Crippen LogP contribution in [0.2, 0.25) is 0 Å². The Hall–Kier alpha value is -1.75. The minimum atomic E-state index is -0.343. The van der Waals surface area contributed by atoms with Crippen molar-refractivity contribution in [1.29, 1.82) is 0 Å². The number of aromatic nitrogens is 2. The van der Waals surface area contributed by atoms with Crippen molar-refractivity contribution >= 4 is 17.2 Å². The van der Waals surface area contributed by atoms with Crippen molar-refractivity contribution in [2.45, 2.75) is 52.1 Å². The third-order valence-corrected chi connectivity index (χ3v) is 6.39. The molecule has 4 nitrogen and oxygen atoms in total. The summed E-state index contributed by atoms with van der Waals surface area (Å²) < 4.78 is 0. The first-order chi connectivity index (χ1) is 11.0. The highest BCUT2D eigenvalue weighted by molar-refractivity contribution is 7.10. The molecule has 4 rings (SSSR count). The zero-order valence-corrected chi connectivity index (χ0v) is 14.6. The third-order valence-electron chi connectivity index (χ3n) is 5.35. The molecule has 0 spiro atoms. The molecule has 0 saturated heterocycles. The zero-order chi connectivity index (χ0) is 16.2. The van der Waals surface area contributed by atoms with Gasteiger partial charge in [0.1, 0.15) is 5.82 Å². The molecule has 120 valence electrons. The smallest absolute Gasteiger partial charge is 0.235 e. The van der Waals surface area contributed by atoms with Gasteiger partial charge in [-0.15, -0.1) is 11.3 Å². The van der Waals surface area contributed by atoms with Crippen LogP contribution in [0, 0.1) is 5.41 Å². The molecule has 5 heteroatoms. The van der Waals surface area contributed by atoms with E-state index in [9.17, 15) is 4.79 Å². The lowest BCUT2D eigenvalue weighted by Gasteiger charge is -2.25. The fourth-order valence-corrected chi connectivity index (χ4v) is 4.91. The average Bonchev–Trinajstić information content (AvgIpc) is 3.00. The van der Waals surface area contributed by atoms with E-state index < -0.39 is 0 Å². The number of hydrogen-bond acceptors (Lipinski definition) is 4. The number of nitrogens with zero attached hydrogens (tertiary/aromatic N) is 3. The van der Waals surface area contributed by atoms with Crippen molar-refractivity contribution in [1.82, 2.24) is 14.9 Å². The van der Waals surface area contributed by atoms with Crippen LogP contribution in [0.15, 0.2) is 23.7 Å². The summed E-state index contributed by atoms with van der Waals surface area (Å²) in [5, 5.41) is 2.07. The van der Waals surface area contributed by atoms with Gasteiger partial charge in [0.05, 0.1) is 17.7 Å². The maximum absolute atomic E-state index is 13.4. The van der Waals surface area contributed by atoms with Crippen molar-refractivity contribution in [2.75, 3.05) is 0 Å². The number of carbonyl (C=O) groups is 1. The van der Waals surface area contributed by atoms with Gasteiger partial charge in [0.2, 0.25) is 5.91 Å². The molecule has 1 aliphatic carbocycles. The van der Waals surface area contributed by atoms with E-state index in [0.717, 1.165) is 29.9 Å². The zero-order valence-electron chi connectivity index (χ0n) is 13.8. The summed E-state index contributed by atoms with van der Waals surface area (Å²) in [7, 11) is 0. The summed E-state index contributed by atoms with van der Waals surface area (Å²) in [5.74, 6) is 1.11.